The van der Waals surface area contributed by atoms with Crippen molar-refractivity contribution in [1.29, 1.82) is 0 Å². The molecule has 0 unspecified atom stereocenters. The molecular formula is C38H66Si6. The average Bonchev–Trinajstić information content (AvgIpc) is 2.77. The summed E-state index contributed by atoms with van der Waals surface area (Å²) in [6, 6.07) is 19.6. The van der Waals surface area contributed by atoms with Crippen molar-refractivity contribution < 1.29 is 0 Å². The van der Waals surface area contributed by atoms with Gasteiger partial charge in [-0.1, -0.05) is 157 Å². The fourth-order valence-electron chi connectivity index (χ4n) is 10.1. The summed E-state index contributed by atoms with van der Waals surface area (Å²) in [6.45, 7) is 49.0. The van der Waals surface area contributed by atoms with Crippen molar-refractivity contribution in [2.75, 3.05) is 0 Å². The molecule has 1 aliphatic heterocycles. The number of fused-ring (bicyclic) bond motifs is 3. The first-order chi connectivity index (χ1) is 19.6. The summed E-state index contributed by atoms with van der Waals surface area (Å²) in [5.41, 5.74) is 0.665. The van der Waals surface area contributed by atoms with E-state index in [4.69, 9.17) is 0 Å². The van der Waals surface area contributed by atoms with Gasteiger partial charge < -0.3 is 0 Å². The lowest BCUT2D eigenvalue weighted by atomic mass is 9.93. The Morgan fingerprint density at radius 2 is 0.705 bits per heavy atom. The molecule has 44 heavy (non-hydrogen) atoms. The minimum atomic E-state index is -1.63. The van der Waals surface area contributed by atoms with Gasteiger partial charge in [0.2, 0.25) is 0 Å². The van der Waals surface area contributed by atoms with E-state index in [0.29, 0.717) is 19.4 Å². The van der Waals surface area contributed by atoms with Crippen LogP contribution in [-0.4, -0.2) is 48.1 Å². The molecule has 0 saturated carbocycles. The zero-order chi connectivity index (χ0) is 33.7. The van der Waals surface area contributed by atoms with Crippen LogP contribution in [0.2, 0.25) is 87.1 Å². The molecule has 0 saturated heterocycles. The number of rotatable bonds is 8. The minimum Gasteiger partial charge on any atom is -0.0693 e. The van der Waals surface area contributed by atoms with Crippen LogP contribution >= 0.6 is 0 Å². The SMILES string of the molecule is CC(C)(C)CC([Si]1=[Si](C(CC(C)(C)C)([Si](C)(C)C)[Si](C)(C)C)c2cc3cc4ccccc4cc3cc21)([Si](C)(C)C)[Si](C)(C)C. The molecule has 4 rings (SSSR count). The van der Waals surface area contributed by atoms with Crippen LogP contribution in [0.1, 0.15) is 54.4 Å². The third-order valence-electron chi connectivity index (χ3n) is 11.2. The standard InChI is InChI=1S/C38H66Si6/c1-35(2,3)27-37(41(7,8)9,42(10,11)12)39-33-25-31-23-29-21-19-20-22-30(29)24-32(31)26-34(33)40(39)38(43(13,14)15,44(16,17)18)28-36(4,5)6/h19-26H,27-28H2,1-18H3. The molecule has 0 amide bonds. The fourth-order valence-corrected chi connectivity index (χ4v) is 74.8. The molecule has 0 N–H and O–H groups in total. The van der Waals surface area contributed by atoms with E-state index in [1.807, 2.05) is 10.4 Å². The predicted molar refractivity (Wildman–Crippen MR) is 219 cm³/mol. The Kier molecular flexibility index (Phi) is 9.09. The molecule has 3 aromatic rings. The maximum atomic E-state index is 2.80. The van der Waals surface area contributed by atoms with Crippen LogP contribution in [-0.2, 0) is 0 Å². The Balaban J connectivity index is 2.32. The molecule has 0 atom stereocenters. The lowest BCUT2D eigenvalue weighted by Crippen LogP contribution is -2.79. The molecule has 1 aliphatic rings. The monoisotopic (exact) mass is 690 g/mol. The Morgan fingerprint density at radius 1 is 0.432 bits per heavy atom. The quantitative estimate of drug-likeness (QED) is 0.163. The van der Waals surface area contributed by atoms with Crippen molar-refractivity contribution >= 4 is 80.0 Å². The van der Waals surface area contributed by atoms with E-state index in [2.05, 4.69) is 169 Å². The fraction of sp³-hybridized carbons (Fsp3) is 0.632. The largest absolute Gasteiger partial charge is 0.0693 e. The molecule has 6 heteroatoms. The highest BCUT2D eigenvalue weighted by molar-refractivity contribution is 7.35. The van der Waals surface area contributed by atoms with Gasteiger partial charge in [-0.2, -0.15) is 0 Å². The van der Waals surface area contributed by atoms with E-state index in [9.17, 15) is 0 Å². The highest BCUT2D eigenvalue weighted by atomic mass is 28.9. The van der Waals surface area contributed by atoms with Crippen LogP contribution in [0, 0.1) is 10.8 Å². The van der Waals surface area contributed by atoms with E-state index in [-0.39, 0.29) is 0 Å². The highest BCUT2D eigenvalue weighted by Gasteiger charge is 2.65. The van der Waals surface area contributed by atoms with Gasteiger partial charge in [0.15, 0.2) is 0 Å². The number of benzene rings is 3. The number of hydrogen-bond donors (Lipinski definition) is 0. The van der Waals surface area contributed by atoms with Gasteiger partial charge in [0.25, 0.3) is 0 Å². The molecule has 0 aliphatic carbocycles. The summed E-state index contributed by atoms with van der Waals surface area (Å²) < 4.78 is 1.08. The summed E-state index contributed by atoms with van der Waals surface area (Å²) >= 11 is 0. The molecule has 242 valence electrons. The Bertz CT molecular complexity index is 1450. The molecule has 3 aromatic carbocycles. The van der Waals surface area contributed by atoms with Crippen LogP contribution in [0.25, 0.3) is 21.5 Å². The predicted octanol–water partition coefficient (Wildman–Crippen LogP) is 11.4. The summed E-state index contributed by atoms with van der Waals surface area (Å²) in [6.07, 6.45) is 2.85. The topological polar surface area (TPSA) is 0 Å². The van der Waals surface area contributed by atoms with Crippen LogP contribution in [0.5, 0.6) is 0 Å². The minimum absolute atomic E-state index is 0.332. The van der Waals surface area contributed by atoms with Gasteiger partial charge in [0, 0.05) is 48.1 Å². The second-order valence-electron chi connectivity index (χ2n) is 21.0. The molecule has 0 spiro atoms. The van der Waals surface area contributed by atoms with Crippen molar-refractivity contribution in [2.24, 2.45) is 10.8 Å². The highest BCUT2D eigenvalue weighted by Crippen LogP contribution is 2.60. The summed E-state index contributed by atoms with van der Waals surface area (Å²) in [5.74, 6) is 0. The van der Waals surface area contributed by atoms with Gasteiger partial charge in [-0.3, -0.25) is 0 Å². The first-order valence-corrected chi connectivity index (χ1v) is 35.3. The molecule has 0 fully saturated rings. The van der Waals surface area contributed by atoms with Crippen molar-refractivity contribution in [3.05, 3.63) is 48.5 Å². The molecule has 0 radical (unpaired) electrons. The van der Waals surface area contributed by atoms with Crippen molar-refractivity contribution in [1.82, 2.24) is 0 Å². The average molecular weight is 691 g/mol. The van der Waals surface area contributed by atoms with E-state index in [1.54, 1.807) is 0 Å². The van der Waals surface area contributed by atoms with E-state index in [0.717, 1.165) is 0 Å². The van der Waals surface area contributed by atoms with Crippen LogP contribution in [0.15, 0.2) is 48.5 Å². The lowest BCUT2D eigenvalue weighted by Gasteiger charge is -2.64. The van der Waals surface area contributed by atoms with Gasteiger partial charge in [-0.15, -0.1) is 0 Å². The second-order valence-corrected chi connectivity index (χ2v) is 52.7. The molecule has 0 bridgehead atoms. The van der Waals surface area contributed by atoms with Crippen molar-refractivity contribution in [3.63, 3.8) is 0 Å². The van der Waals surface area contributed by atoms with Gasteiger partial charge in [0.1, 0.15) is 0 Å². The third kappa shape index (κ3) is 6.00. The maximum Gasteiger partial charge on any atom is 0.0485 e. The van der Waals surface area contributed by atoms with Gasteiger partial charge in [0.05, 0.1) is 0 Å². The van der Waals surface area contributed by atoms with Gasteiger partial charge >= 0.3 is 0 Å². The van der Waals surface area contributed by atoms with Crippen molar-refractivity contribution in [2.45, 2.75) is 142 Å². The van der Waals surface area contributed by atoms with E-state index >= 15 is 0 Å². The summed E-state index contributed by atoms with van der Waals surface area (Å²) in [5, 5.41) is 9.53. The van der Waals surface area contributed by atoms with Crippen LogP contribution < -0.4 is 10.4 Å². The molecule has 1 heterocycles. The van der Waals surface area contributed by atoms with Crippen LogP contribution in [0.4, 0.5) is 0 Å². The lowest BCUT2D eigenvalue weighted by molar-refractivity contribution is 0.368. The molecule has 0 aromatic heterocycles. The summed E-state index contributed by atoms with van der Waals surface area (Å²) in [7, 11) is -8.17. The second kappa shape index (κ2) is 11.0. The Morgan fingerprint density at radius 3 is 0.932 bits per heavy atom. The summed E-state index contributed by atoms with van der Waals surface area (Å²) in [4.78, 5) is 0. The zero-order valence-electron chi connectivity index (χ0n) is 32.0. The smallest absolute Gasteiger partial charge is 0.0485 e. The maximum absolute atomic E-state index is 2.80. The van der Waals surface area contributed by atoms with E-state index < -0.39 is 48.1 Å². The first kappa shape index (κ1) is 36.3. The third-order valence-corrected chi connectivity index (χ3v) is 56.5. The Labute approximate surface area is 279 Å². The van der Waals surface area contributed by atoms with Crippen molar-refractivity contribution in [3.8, 4) is 0 Å². The Hall–Kier alpha value is -0.519. The molecular weight excluding hydrogens is 625 g/mol. The van der Waals surface area contributed by atoms with Gasteiger partial charge in [-0.05, 0) is 76.3 Å². The molecule has 0 nitrogen and oxygen atoms in total. The van der Waals surface area contributed by atoms with E-state index in [1.165, 1.54) is 34.4 Å². The van der Waals surface area contributed by atoms with Gasteiger partial charge in [-0.25, -0.2) is 0 Å². The first-order valence-electron chi connectivity index (χ1n) is 17.3. The number of hydrogen-bond acceptors (Lipinski definition) is 0. The zero-order valence-corrected chi connectivity index (χ0v) is 38.0. The normalized spacial score (nSPS) is 16.0. The van der Waals surface area contributed by atoms with Crippen LogP contribution in [0.3, 0.4) is 0 Å².